The third kappa shape index (κ3) is 1.67. The van der Waals surface area contributed by atoms with E-state index in [1.807, 2.05) is 13.0 Å². The van der Waals surface area contributed by atoms with Crippen molar-refractivity contribution in [2.45, 2.75) is 6.92 Å². The maximum Gasteiger partial charge on any atom is 0.339 e. The van der Waals surface area contributed by atoms with E-state index in [1.54, 1.807) is 28.8 Å². The third-order valence-electron chi connectivity index (χ3n) is 2.92. The lowest BCUT2D eigenvalue weighted by molar-refractivity contribution is 0.0696. The van der Waals surface area contributed by atoms with E-state index >= 15 is 0 Å². The number of aromatic nitrogens is 5. The minimum Gasteiger partial charge on any atom is -0.478 e. The molecule has 3 rings (SSSR count). The number of fused-ring (bicyclic) bond motifs is 1. The molecule has 3 aromatic heterocycles. The summed E-state index contributed by atoms with van der Waals surface area (Å²) in [4.78, 5) is 15.5. The number of aryl methyl sites for hydroxylation is 2. The van der Waals surface area contributed by atoms with Gasteiger partial charge in [0.25, 0.3) is 0 Å². The molecule has 0 aromatic carbocycles. The standard InChI is InChI=1S/C12H11N5O2/c1-7-3-4-17(15-7)10-8-6-14-16(2)11(8)13-5-9(10)12(18)19/h3-6H,1-2H3,(H,18,19). The molecular weight excluding hydrogens is 246 g/mol. The summed E-state index contributed by atoms with van der Waals surface area (Å²) in [5.41, 5.74) is 2.01. The summed E-state index contributed by atoms with van der Waals surface area (Å²) in [5.74, 6) is -1.04. The van der Waals surface area contributed by atoms with Crippen LogP contribution < -0.4 is 0 Å². The normalized spacial score (nSPS) is 11.1. The largest absolute Gasteiger partial charge is 0.478 e. The average Bonchev–Trinajstić information content (AvgIpc) is 2.95. The first kappa shape index (κ1) is 11.4. The molecule has 0 spiro atoms. The van der Waals surface area contributed by atoms with Crippen molar-refractivity contribution in [1.29, 1.82) is 0 Å². The topological polar surface area (TPSA) is 85.8 Å². The zero-order valence-corrected chi connectivity index (χ0v) is 10.4. The van der Waals surface area contributed by atoms with Gasteiger partial charge in [0.1, 0.15) is 5.56 Å². The number of carboxylic acid groups (broad SMARTS) is 1. The molecule has 0 aliphatic rings. The molecule has 96 valence electrons. The summed E-state index contributed by atoms with van der Waals surface area (Å²) in [5, 5.41) is 18.3. The zero-order valence-electron chi connectivity index (χ0n) is 10.4. The van der Waals surface area contributed by atoms with E-state index in [4.69, 9.17) is 0 Å². The van der Waals surface area contributed by atoms with Crippen LogP contribution in [0.15, 0.2) is 24.7 Å². The van der Waals surface area contributed by atoms with E-state index in [-0.39, 0.29) is 5.56 Å². The number of rotatable bonds is 2. The van der Waals surface area contributed by atoms with Crippen LogP contribution in [0.4, 0.5) is 0 Å². The van der Waals surface area contributed by atoms with E-state index in [9.17, 15) is 9.90 Å². The first-order valence-corrected chi connectivity index (χ1v) is 5.64. The van der Waals surface area contributed by atoms with Crippen LogP contribution in [-0.2, 0) is 7.05 Å². The molecule has 19 heavy (non-hydrogen) atoms. The van der Waals surface area contributed by atoms with Gasteiger partial charge in [0.2, 0.25) is 0 Å². The molecule has 0 atom stereocenters. The highest BCUT2D eigenvalue weighted by Crippen LogP contribution is 2.23. The number of aromatic carboxylic acids is 1. The molecule has 0 radical (unpaired) electrons. The van der Waals surface area contributed by atoms with Crippen molar-refractivity contribution in [3.05, 3.63) is 35.9 Å². The predicted octanol–water partition coefficient (Wildman–Crippen LogP) is 1.16. The number of nitrogens with zero attached hydrogens (tertiary/aromatic N) is 5. The second kappa shape index (κ2) is 3.91. The van der Waals surface area contributed by atoms with Crippen molar-refractivity contribution in [1.82, 2.24) is 24.5 Å². The van der Waals surface area contributed by atoms with E-state index < -0.39 is 5.97 Å². The van der Waals surface area contributed by atoms with Crippen LogP contribution in [0.1, 0.15) is 16.1 Å². The van der Waals surface area contributed by atoms with Gasteiger partial charge in [0.05, 0.1) is 23.0 Å². The summed E-state index contributed by atoms with van der Waals surface area (Å²) in [6.45, 7) is 1.85. The molecule has 0 fully saturated rings. The Morgan fingerprint density at radius 1 is 1.37 bits per heavy atom. The second-order valence-electron chi connectivity index (χ2n) is 4.23. The number of hydrogen-bond donors (Lipinski definition) is 1. The van der Waals surface area contributed by atoms with E-state index in [0.717, 1.165) is 5.69 Å². The summed E-state index contributed by atoms with van der Waals surface area (Å²) in [6, 6.07) is 1.81. The lowest BCUT2D eigenvalue weighted by Crippen LogP contribution is -2.08. The molecule has 0 unspecified atom stereocenters. The van der Waals surface area contributed by atoms with Gasteiger partial charge in [0, 0.05) is 19.4 Å². The number of carboxylic acids is 1. The smallest absolute Gasteiger partial charge is 0.339 e. The number of pyridine rings is 1. The highest BCUT2D eigenvalue weighted by Gasteiger charge is 2.18. The monoisotopic (exact) mass is 257 g/mol. The average molecular weight is 257 g/mol. The summed E-state index contributed by atoms with van der Waals surface area (Å²) >= 11 is 0. The van der Waals surface area contributed by atoms with Crippen molar-refractivity contribution in [2.24, 2.45) is 7.05 Å². The van der Waals surface area contributed by atoms with Crippen molar-refractivity contribution >= 4 is 17.0 Å². The van der Waals surface area contributed by atoms with Gasteiger partial charge >= 0.3 is 5.97 Å². The molecule has 0 aliphatic heterocycles. The zero-order chi connectivity index (χ0) is 13.6. The van der Waals surface area contributed by atoms with Gasteiger partial charge in [-0.05, 0) is 13.0 Å². The maximum atomic E-state index is 11.3. The van der Waals surface area contributed by atoms with Crippen LogP contribution in [0.5, 0.6) is 0 Å². The Labute approximate surface area is 108 Å². The van der Waals surface area contributed by atoms with E-state index in [1.165, 1.54) is 6.20 Å². The third-order valence-corrected chi connectivity index (χ3v) is 2.92. The van der Waals surface area contributed by atoms with Crippen LogP contribution in [0.3, 0.4) is 0 Å². The fourth-order valence-corrected chi connectivity index (χ4v) is 2.03. The number of carbonyl (C=O) groups is 1. The Balaban J connectivity index is 2.41. The van der Waals surface area contributed by atoms with E-state index in [0.29, 0.717) is 16.7 Å². The van der Waals surface area contributed by atoms with Crippen LogP contribution in [0.25, 0.3) is 16.7 Å². The van der Waals surface area contributed by atoms with Crippen molar-refractivity contribution in [3.8, 4) is 5.69 Å². The minimum atomic E-state index is -1.04. The van der Waals surface area contributed by atoms with Gasteiger partial charge in [0.15, 0.2) is 5.65 Å². The van der Waals surface area contributed by atoms with Crippen LogP contribution in [0.2, 0.25) is 0 Å². The highest BCUT2D eigenvalue weighted by molar-refractivity contribution is 5.99. The summed E-state index contributed by atoms with van der Waals surface area (Å²) < 4.78 is 3.14. The van der Waals surface area contributed by atoms with Crippen LogP contribution in [-0.4, -0.2) is 35.6 Å². The Hall–Kier alpha value is -2.70. The lowest BCUT2D eigenvalue weighted by Gasteiger charge is -2.07. The van der Waals surface area contributed by atoms with Crippen molar-refractivity contribution in [3.63, 3.8) is 0 Å². The quantitative estimate of drug-likeness (QED) is 0.744. The van der Waals surface area contributed by atoms with Crippen LogP contribution in [0, 0.1) is 6.92 Å². The fraction of sp³-hybridized carbons (Fsp3) is 0.167. The van der Waals surface area contributed by atoms with Crippen molar-refractivity contribution < 1.29 is 9.90 Å². The molecule has 0 amide bonds. The number of hydrogen-bond acceptors (Lipinski definition) is 4. The Kier molecular flexibility index (Phi) is 2.34. The minimum absolute atomic E-state index is 0.101. The molecule has 0 saturated heterocycles. The SMILES string of the molecule is Cc1ccn(-c2c(C(=O)O)cnc3c2cnn3C)n1. The molecule has 7 nitrogen and oxygen atoms in total. The molecule has 0 bridgehead atoms. The van der Waals surface area contributed by atoms with E-state index in [2.05, 4.69) is 15.2 Å². The van der Waals surface area contributed by atoms with Gasteiger partial charge in [-0.15, -0.1) is 0 Å². The predicted molar refractivity (Wildman–Crippen MR) is 67.3 cm³/mol. The molecule has 3 heterocycles. The lowest BCUT2D eigenvalue weighted by atomic mass is 10.2. The second-order valence-corrected chi connectivity index (χ2v) is 4.23. The Bertz CT molecular complexity index is 787. The first-order valence-electron chi connectivity index (χ1n) is 5.64. The summed E-state index contributed by atoms with van der Waals surface area (Å²) in [7, 11) is 1.76. The van der Waals surface area contributed by atoms with Crippen molar-refractivity contribution in [2.75, 3.05) is 0 Å². The summed E-state index contributed by atoms with van der Waals surface area (Å²) in [6.07, 6.45) is 4.66. The van der Waals surface area contributed by atoms with Gasteiger partial charge < -0.3 is 5.11 Å². The Morgan fingerprint density at radius 3 is 2.79 bits per heavy atom. The molecule has 0 saturated carbocycles. The Morgan fingerprint density at radius 2 is 2.16 bits per heavy atom. The molecule has 0 aliphatic carbocycles. The first-order chi connectivity index (χ1) is 9.08. The molecule has 7 heteroatoms. The molecule has 3 aromatic rings. The maximum absolute atomic E-state index is 11.3. The fourth-order valence-electron chi connectivity index (χ4n) is 2.03. The molecular formula is C12H11N5O2. The van der Waals surface area contributed by atoms with Gasteiger partial charge in [-0.3, -0.25) is 4.68 Å². The van der Waals surface area contributed by atoms with Gasteiger partial charge in [-0.25, -0.2) is 14.5 Å². The molecule has 1 N–H and O–H groups in total. The van der Waals surface area contributed by atoms with Gasteiger partial charge in [-0.2, -0.15) is 10.2 Å². The van der Waals surface area contributed by atoms with Crippen LogP contribution >= 0.6 is 0 Å². The highest BCUT2D eigenvalue weighted by atomic mass is 16.4. The van der Waals surface area contributed by atoms with Gasteiger partial charge in [-0.1, -0.05) is 0 Å².